The zero-order valence-corrected chi connectivity index (χ0v) is 12.6. The van der Waals surface area contributed by atoms with Gasteiger partial charge in [-0.15, -0.1) is 0 Å². The molecule has 0 amide bonds. The number of pyridine rings is 1. The maximum absolute atomic E-state index is 10.6. The molecule has 0 fully saturated rings. The molecule has 0 aliphatic rings. The fourth-order valence-corrected chi connectivity index (χ4v) is 2.88. The molecule has 0 radical (unpaired) electrons. The molecule has 0 saturated heterocycles. The quantitative estimate of drug-likeness (QED) is 0.886. The molecule has 0 aliphatic carbocycles. The van der Waals surface area contributed by atoms with Crippen LogP contribution in [0, 0.1) is 5.92 Å². The Hall–Kier alpha value is -0.970. The van der Waals surface area contributed by atoms with Crippen LogP contribution in [-0.4, -0.2) is 16.6 Å². The van der Waals surface area contributed by atoms with E-state index >= 15 is 0 Å². The molecule has 19 heavy (non-hydrogen) atoms. The average Bonchev–Trinajstić information content (AvgIpc) is 2.45. The first-order chi connectivity index (χ1) is 9.19. The Morgan fingerprint density at radius 1 is 1.37 bits per heavy atom. The summed E-state index contributed by atoms with van der Waals surface area (Å²) in [6.45, 7) is 2.59. The molecule has 2 unspecified atom stereocenters. The number of aliphatic hydroxyl groups excluding tert-OH is 1. The van der Waals surface area contributed by atoms with Gasteiger partial charge in [0.05, 0.1) is 11.6 Å². The molecular formula is C15H19BrN2O. The molecule has 1 aromatic heterocycles. The highest BCUT2D eigenvalue weighted by atomic mass is 79.9. The van der Waals surface area contributed by atoms with Crippen LogP contribution >= 0.6 is 15.9 Å². The van der Waals surface area contributed by atoms with Gasteiger partial charge in [-0.25, -0.2) is 0 Å². The maximum atomic E-state index is 10.6. The van der Waals surface area contributed by atoms with E-state index in [0.29, 0.717) is 6.54 Å². The molecule has 4 heteroatoms. The number of rotatable bonds is 5. The van der Waals surface area contributed by atoms with Gasteiger partial charge in [-0.2, -0.15) is 0 Å². The first-order valence-electron chi connectivity index (χ1n) is 6.60. The van der Waals surface area contributed by atoms with Gasteiger partial charge in [-0.3, -0.25) is 4.98 Å². The van der Waals surface area contributed by atoms with Crippen molar-refractivity contribution < 1.29 is 5.11 Å². The summed E-state index contributed by atoms with van der Waals surface area (Å²) in [5, 5.41) is 11.6. The van der Waals surface area contributed by atoms with Crippen LogP contribution in [0.2, 0.25) is 0 Å². The van der Waals surface area contributed by atoms with E-state index in [2.05, 4.69) is 27.8 Å². The van der Waals surface area contributed by atoms with E-state index in [1.165, 1.54) is 0 Å². The van der Waals surface area contributed by atoms with Crippen LogP contribution in [-0.2, 0) is 0 Å². The number of hydrogen-bond donors (Lipinski definition) is 2. The fraction of sp³-hybridized carbons (Fsp3) is 0.400. The molecule has 0 aliphatic heterocycles. The minimum atomic E-state index is -0.560. The van der Waals surface area contributed by atoms with Crippen molar-refractivity contribution in [2.45, 2.75) is 25.9 Å². The van der Waals surface area contributed by atoms with Crippen molar-refractivity contribution in [2.24, 2.45) is 11.7 Å². The smallest absolute Gasteiger partial charge is 0.0851 e. The summed E-state index contributed by atoms with van der Waals surface area (Å²) >= 11 is 3.52. The number of nitrogens with two attached hydrogens (primary N) is 1. The number of nitrogens with zero attached hydrogens (tertiary/aromatic N) is 1. The molecule has 0 spiro atoms. The monoisotopic (exact) mass is 322 g/mol. The van der Waals surface area contributed by atoms with E-state index in [1.807, 2.05) is 24.3 Å². The van der Waals surface area contributed by atoms with Crippen molar-refractivity contribution in [2.75, 3.05) is 6.54 Å². The van der Waals surface area contributed by atoms with Crippen LogP contribution in [0.25, 0.3) is 10.9 Å². The lowest BCUT2D eigenvalue weighted by molar-refractivity contribution is 0.108. The minimum Gasteiger partial charge on any atom is -0.388 e. The van der Waals surface area contributed by atoms with E-state index in [9.17, 15) is 5.11 Å². The van der Waals surface area contributed by atoms with Crippen LogP contribution in [0.4, 0.5) is 0 Å². The number of aromatic nitrogens is 1. The molecular weight excluding hydrogens is 304 g/mol. The van der Waals surface area contributed by atoms with Crippen LogP contribution in [0.5, 0.6) is 0 Å². The lowest BCUT2D eigenvalue weighted by atomic mass is 9.90. The number of halogens is 1. The van der Waals surface area contributed by atoms with Crippen molar-refractivity contribution in [1.82, 2.24) is 4.98 Å². The third kappa shape index (κ3) is 2.96. The summed E-state index contributed by atoms with van der Waals surface area (Å²) in [6, 6.07) is 7.79. The van der Waals surface area contributed by atoms with E-state index < -0.39 is 6.10 Å². The van der Waals surface area contributed by atoms with Crippen molar-refractivity contribution in [3.63, 3.8) is 0 Å². The lowest BCUT2D eigenvalue weighted by Gasteiger charge is -2.22. The molecule has 1 aromatic carbocycles. The molecule has 1 heterocycles. The Balaban J connectivity index is 2.47. The summed E-state index contributed by atoms with van der Waals surface area (Å²) in [5.74, 6) is 0.0800. The molecule has 0 saturated carbocycles. The standard InChI is InChI=1S/C15H19BrN2O/c1-2-4-10(9-17)15(19)12-6-7-13(16)11-5-3-8-18-14(11)12/h3,5-8,10,15,19H,2,4,9,17H2,1H3. The van der Waals surface area contributed by atoms with Crippen LogP contribution in [0.15, 0.2) is 34.9 Å². The number of aliphatic hydroxyl groups is 1. The lowest BCUT2D eigenvalue weighted by Crippen LogP contribution is -2.22. The average molecular weight is 323 g/mol. The van der Waals surface area contributed by atoms with Crippen molar-refractivity contribution in [1.29, 1.82) is 0 Å². The SMILES string of the molecule is CCCC(CN)C(O)c1ccc(Br)c2cccnc12. The Bertz CT molecular complexity index is 559. The predicted molar refractivity (Wildman–Crippen MR) is 81.9 cm³/mol. The van der Waals surface area contributed by atoms with Crippen LogP contribution < -0.4 is 5.73 Å². The highest BCUT2D eigenvalue weighted by molar-refractivity contribution is 9.10. The Kier molecular flexibility index (Phi) is 4.91. The Morgan fingerprint density at radius 3 is 2.84 bits per heavy atom. The number of hydrogen-bond acceptors (Lipinski definition) is 3. The van der Waals surface area contributed by atoms with Gasteiger partial charge in [0, 0.05) is 27.5 Å². The molecule has 3 nitrogen and oxygen atoms in total. The van der Waals surface area contributed by atoms with E-state index in [-0.39, 0.29) is 5.92 Å². The topological polar surface area (TPSA) is 59.1 Å². The highest BCUT2D eigenvalue weighted by Gasteiger charge is 2.21. The van der Waals surface area contributed by atoms with E-state index in [0.717, 1.165) is 33.8 Å². The summed E-state index contributed by atoms with van der Waals surface area (Å²) < 4.78 is 0.992. The van der Waals surface area contributed by atoms with Crippen LogP contribution in [0.3, 0.4) is 0 Å². The van der Waals surface area contributed by atoms with Crippen LogP contribution in [0.1, 0.15) is 31.4 Å². The summed E-state index contributed by atoms with van der Waals surface area (Å²) in [7, 11) is 0. The third-order valence-corrected chi connectivity index (χ3v) is 4.17. The largest absolute Gasteiger partial charge is 0.388 e. The zero-order chi connectivity index (χ0) is 13.8. The molecule has 0 bridgehead atoms. The molecule has 2 rings (SSSR count). The predicted octanol–water partition coefficient (Wildman–Crippen LogP) is 3.41. The van der Waals surface area contributed by atoms with E-state index in [1.54, 1.807) is 6.20 Å². The van der Waals surface area contributed by atoms with Crippen molar-refractivity contribution in [3.8, 4) is 0 Å². The zero-order valence-electron chi connectivity index (χ0n) is 11.0. The second-order valence-electron chi connectivity index (χ2n) is 4.77. The highest BCUT2D eigenvalue weighted by Crippen LogP contribution is 2.32. The number of fused-ring (bicyclic) bond motifs is 1. The van der Waals surface area contributed by atoms with Crippen molar-refractivity contribution >= 4 is 26.8 Å². The Morgan fingerprint density at radius 2 is 2.16 bits per heavy atom. The second-order valence-corrected chi connectivity index (χ2v) is 5.62. The summed E-state index contributed by atoms with van der Waals surface area (Å²) in [5.41, 5.74) is 7.49. The van der Waals surface area contributed by atoms with Gasteiger partial charge in [0.2, 0.25) is 0 Å². The second kappa shape index (κ2) is 6.46. The van der Waals surface area contributed by atoms with E-state index in [4.69, 9.17) is 5.73 Å². The third-order valence-electron chi connectivity index (χ3n) is 3.48. The van der Waals surface area contributed by atoms with Crippen molar-refractivity contribution in [3.05, 3.63) is 40.5 Å². The fourth-order valence-electron chi connectivity index (χ4n) is 2.43. The normalized spacial score (nSPS) is 14.5. The first-order valence-corrected chi connectivity index (χ1v) is 7.39. The molecule has 102 valence electrons. The van der Waals surface area contributed by atoms with Gasteiger partial charge in [0.25, 0.3) is 0 Å². The first kappa shape index (κ1) is 14.4. The van der Waals surface area contributed by atoms with Gasteiger partial charge >= 0.3 is 0 Å². The van der Waals surface area contributed by atoms with Gasteiger partial charge in [-0.1, -0.05) is 41.4 Å². The summed E-state index contributed by atoms with van der Waals surface area (Å²) in [4.78, 5) is 4.41. The maximum Gasteiger partial charge on any atom is 0.0851 e. The van der Waals surface area contributed by atoms with Gasteiger partial charge in [0.15, 0.2) is 0 Å². The molecule has 3 N–H and O–H groups in total. The molecule has 2 atom stereocenters. The van der Waals surface area contributed by atoms with Gasteiger partial charge in [0.1, 0.15) is 0 Å². The van der Waals surface area contributed by atoms with Gasteiger partial charge < -0.3 is 10.8 Å². The summed E-state index contributed by atoms with van der Waals surface area (Å²) in [6.07, 6.45) is 3.13. The molecule has 2 aromatic rings. The minimum absolute atomic E-state index is 0.0800. The Labute approximate surface area is 122 Å². The van der Waals surface area contributed by atoms with Gasteiger partial charge in [-0.05, 0) is 25.1 Å². The number of benzene rings is 1.